The number of hydrogen-bond donors (Lipinski definition) is 1. The summed E-state index contributed by atoms with van der Waals surface area (Å²) in [6, 6.07) is 16.7. The van der Waals surface area contributed by atoms with Crippen LogP contribution in [0.15, 0.2) is 77.7 Å². The molecule has 0 unspecified atom stereocenters. The minimum Gasteiger partial charge on any atom is -0.497 e. The van der Waals surface area contributed by atoms with Crippen molar-refractivity contribution in [1.82, 2.24) is 10.2 Å². The lowest BCUT2D eigenvalue weighted by Crippen LogP contribution is -2.52. The molecule has 0 spiro atoms. The number of nitrogens with zero attached hydrogens (tertiary/aromatic N) is 2. The van der Waals surface area contributed by atoms with Crippen molar-refractivity contribution in [3.63, 3.8) is 0 Å². The van der Waals surface area contributed by atoms with Crippen molar-refractivity contribution in [2.75, 3.05) is 25.1 Å². The van der Waals surface area contributed by atoms with E-state index in [4.69, 9.17) is 9.47 Å². The van der Waals surface area contributed by atoms with Gasteiger partial charge in [-0.3, -0.25) is 13.9 Å². The van der Waals surface area contributed by atoms with Gasteiger partial charge in [-0.15, -0.1) is 0 Å². The maximum absolute atomic E-state index is 14.0. The van der Waals surface area contributed by atoms with E-state index < -0.39 is 40.2 Å². The van der Waals surface area contributed by atoms with Crippen molar-refractivity contribution >= 4 is 27.5 Å². The van der Waals surface area contributed by atoms with Crippen LogP contribution in [0.3, 0.4) is 0 Å². The number of rotatable bonds is 12. The number of hydrogen-bond acceptors (Lipinski definition) is 6. The SMILES string of the molecule is COc1ccc(OC)c(N(CC(=O)N(Cc2ccc(F)cc2)[C@H](C)C(=O)NC(C)C)S(=O)(=O)c2ccccc2)c1. The van der Waals surface area contributed by atoms with Crippen molar-refractivity contribution in [3.8, 4) is 11.5 Å². The standard InChI is InChI=1S/C29H34FN3O6S/c1-20(2)31-29(35)21(3)32(18-22-11-13-23(30)14-12-22)28(34)19-33(40(36,37)25-9-7-6-8-10-25)26-17-24(38-4)15-16-27(26)39-5/h6-17,20-21H,18-19H2,1-5H3,(H,31,35)/t21-/m1/s1. The molecule has 0 bridgehead atoms. The number of carbonyl (C=O) groups is 2. The molecule has 0 aliphatic carbocycles. The van der Waals surface area contributed by atoms with Gasteiger partial charge < -0.3 is 19.7 Å². The Bertz CT molecular complexity index is 1420. The minimum absolute atomic E-state index is 0.0386. The Kier molecular flexibility index (Phi) is 10.1. The molecule has 1 N–H and O–H groups in total. The highest BCUT2D eigenvalue weighted by atomic mass is 32.2. The number of benzene rings is 3. The second kappa shape index (κ2) is 13.3. The third-order valence-corrected chi connectivity index (χ3v) is 7.90. The topological polar surface area (TPSA) is 105 Å². The monoisotopic (exact) mass is 571 g/mol. The maximum atomic E-state index is 14.0. The Morgan fingerprint density at radius 2 is 1.57 bits per heavy atom. The Balaban J connectivity index is 2.10. The van der Waals surface area contributed by atoms with E-state index >= 15 is 0 Å². The lowest BCUT2D eigenvalue weighted by atomic mass is 10.1. The zero-order valence-electron chi connectivity index (χ0n) is 23.1. The van der Waals surface area contributed by atoms with Crippen LogP contribution in [0.1, 0.15) is 26.3 Å². The Hall–Kier alpha value is -4.12. The molecule has 0 aromatic heterocycles. The Morgan fingerprint density at radius 3 is 2.15 bits per heavy atom. The third kappa shape index (κ3) is 7.29. The molecule has 3 rings (SSSR count). The van der Waals surface area contributed by atoms with Crippen molar-refractivity contribution in [2.45, 2.75) is 44.3 Å². The molecule has 0 saturated heterocycles. The summed E-state index contributed by atoms with van der Waals surface area (Å²) < 4.78 is 53.1. The van der Waals surface area contributed by atoms with Gasteiger partial charge in [0.05, 0.1) is 24.8 Å². The Morgan fingerprint density at radius 1 is 0.925 bits per heavy atom. The van der Waals surface area contributed by atoms with Crippen molar-refractivity contribution < 1.29 is 31.9 Å². The number of sulfonamides is 1. The first-order valence-electron chi connectivity index (χ1n) is 12.6. The molecule has 11 heteroatoms. The molecule has 0 heterocycles. The van der Waals surface area contributed by atoms with Gasteiger partial charge in [-0.2, -0.15) is 0 Å². The highest BCUT2D eigenvalue weighted by molar-refractivity contribution is 7.92. The van der Waals surface area contributed by atoms with Gasteiger partial charge in [-0.1, -0.05) is 30.3 Å². The second-order valence-electron chi connectivity index (χ2n) is 9.35. The number of ether oxygens (including phenoxy) is 2. The van der Waals surface area contributed by atoms with E-state index in [2.05, 4.69) is 5.32 Å². The van der Waals surface area contributed by atoms with Gasteiger partial charge in [-0.05, 0) is 62.7 Å². The highest BCUT2D eigenvalue weighted by Gasteiger charge is 2.34. The molecule has 214 valence electrons. The van der Waals surface area contributed by atoms with Gasteiger partial charge in [0.25, 0.3) is 10.0 Å². The van der Waals surface area contributed by atoms with E-state index in [1.807, 2.05) is 0 Å². The van der Waals surface area contributed by atoms with Gasteiger partial charge in [0.2, 0.25) is 11.8 Å². The van der Waals surface area contributed by atoms with Crippen LogP contribution in [0.25, 0.3) is 0 Å². The third-order valence-electron chi connectivity index (χ3n) is 6.13. The van der Waals surface area contributed by atoms with Crippen molar-refractivity contribution in [2.24, 2.45) is 0 Å². The molecule has 0 radical (unpaired) electrons. The highest BCUT2D eigenvalue weighted by Crippen LogP contribution is 2.36. The number of halogens is 1. The van der Waals surface area contributed by atoms with Crippen LogP contribution >= 0.6 is 0 Å². The van der Waals surface area contributed by atoms with Crippen LogP contribution in [0.5, 0.6) is 11.5 Å². The van der Waals surface area contributed by atoms with E-state index in [0.717, 1.165) is 4.31 Å². The first-order chi connectivity index (χ1) is 19.0. The second-order valence-corrected chi connectivity index (χ2v) is 11.2. The maximum Gasteiger partial charge on any atom is 0.264 e. The molecular formula is C29H34FN3O6S. The average Bonchev–Trinajstić information content (AvgIpc) is 2.94. The van der Waals surface area contributed by atoms with Crippen LogP contribution in [0.2, 0.25) is 0 Å². The first-order valence-corrected chi connectivity index (χ1v) is 14.1. The van der Waals surface area contributed by atoms with E-state index in [1.165, 1.54) is 61.6 Å². The van der Waals surface area contributed by atoms with Gasteiger partial charge in [-0.25, -0.2) is 12.8 Å². The summed E-state index contributed by atoms with van der Waals surface area (Å²) in [6.07, 6.45) is 0. The molecule has 9 nitrogen and oxygen atoms in total. The summed E-state index contributed by atoms with van der Waals surface area (Å²) in [5, 5.41) is 2.79. The summed E-state index contributed by atoms with van der Waals surface area (Å²) >= 11 is 0. The van der Waals surface area contributed by atoms with Crippen molar-refractivity contribution in [1.29, 1.82) is 0 Å². The lowest BCUT2D eigenvalue weighted by molar-refractivity contribution is -0.139. The summed E-state index contributed by atoms with van der Waals surface area (Å²) in [6.45, 7) is 4.43. The van der Waals surface area contributed by atoms with E-state index in [0.29, 0.717) is 11.3 Å². The largest absolute Gasteiger partial charge is 0.497 e. The summed E-state index contributed by atoms with van der Waals surface area (Å²) in [7, 11) is -1.46. The Labute approximate surface area is 234 Å². The molecule has 3 aromatic carbocycles. The van der Waals surface area contributed by atoms with Crippen LogP contribution in [0, 0.1) is 5.82 Å². The fourth-order valence-corrected chi connectivity index (χ4v) is 5.44. The van der Waals surface area contributed by atoms with Gasteiger partial charge >= 0.3 is 0 Å². The molecular weight excluding hydrogens is 537 g/mol. The molecule has 0 aliphatic rings. The predicted molar refractivity (Wildman–Crippen MR) is 150 cm³/mol. The van der Waals surface area contributed by atoms with E-state index in [9.17, 15) is 22.4 Å². The number of carbonyl (C=O) groups excluding carboxylic acids is 2. The first kappa shape index (κ1) is 30.4. The summed E-state index contributed by atoms with van der Waals surface area (Å²) in [4.78, 5) is 28.2. The van der Waals surface area contributed by atoms with Gasteiger partial charge in [0, 0.05) is 18.7 Å². The number of nitrogens with one attached hydrogen (secondary N) is 1. The van der Waals surface area contributed by atoms with Crippen LogP contribution in [0.4, 0.5) is 10.1 Å². The van der Waals surface area contributed by atoms with Crippen LogP contribution in [-0.2, 0) is 26.2 Å². The van der Waals surface area contributed by atoms with Gasteiger partial charge in [0.1, 0.15) is 29.9 Å². The van der Waals surface area contributed by atoms with E-state index in [1.54, 1.807) is 51.1 Å². The predicted octanol–water partition coefficient (Wildman–Crippen LogP) is 3.98. The fraction of sp³-hybridized carbons (Fsp3) is 0.310. The fourth-order valence-electron chi connectivity index (χ4n) is 4.00. The molecule has 0 saturated carbocycles. The summed E-state index contributed by atoms with van der Waals surface area (Å²) in [5.74, 6) is -0.965. The number of amides is 2. The quantitative estimate of drug-likeness (QED) is 0.353. The van der Waals surface area contributed by atoms with Crippen LogP contribution in [-0.4, -0.2) is 58.0 Å². The molecule has 0 aliphatic heterocycles. The van der Waals surface area contributed by atoms with Crippen LogP contribution < -0.4 is 19.1 Å². The molecule has 0 fully saturated rings. The molecule has 2 amide bonds. The normalized spacial score (nSPS) is 12.0. The van der Waals surface area contributed by atoms with E-state index in [-0.39, 0.29) is 28.9 Å². The summed E-state index contributed by atoms with van der Waals surface area (Å²) in [5.41, 5.74) is 0.649. The zero-order valence-corrected chi connectivity index (χ0v) is 23.9. The van der Waals surface area contributed by atoms with Gasteiger partial charge in [0.15, 0.2) is 0 Å². The minimum atomic E-state index is -4.28. The molecule has 1 atom stereocenters. The average molecular weight is 572 g/mol. The molecule has 40 heavy (non-hydrogen) atoms. The lowest BCUT2D eigenvalue weighted by Gasteiger charge is -2.32. The number of methoxy groups -OCH3 is 2. The van der Waals surface area contributed by atoms with Crippen molar-refractivity contribution in [3.05, 3.63) is 84.2 Å². The molecule has 3 aromatic rings. The zero-order chi connectivity index (χ0) is 29.4. The smallest absolute Gasteiger partial charge is 0.264 e. The number of anilines is 1.